The number of hydrogen-bond acceptors (Lipinski definition) is 3. The highest BCUT2D eigenvalue weighted by molar-refractivity contribution is 6.30. The number of aryl methyl sites for hydroxylation is 1. The predicted molar refractivity (Wildman–Crippen MR) is 53.2 cm³/mol. The number of rotatable bonds is 1. The van der Waals surface area contributed by atoms with Gasteiger partial charge in [-0.3, -0.25) is 0 Å². The van der Waals surface area contributed by atoms with Crippen molar-refractivity contribution in [1.82, 2.24) is 0 Å². The van der Waals surface area contributed by atoms with E-state index in [-0.39, 0.29) is 12.7 Å². The third-order valence-electron chi connectivity index (χ3n) is 2.12. The Morgan fingerprint density at radius 1 is 1.57 bits per heavy atom. The average molecular weight is 215 g/mol. The maximum absolute atomic E-state index is 8.92. The van der Waals surface area contributed by atoms with Crippen molar-refractivity contribution >= 4 is 11.6 Å². The van der Waals surface area contributed by atoms with Crippen molar-refractivity contribution < 1.29 is 14.6 Å². The summed E-state index contributed by atoms with van der Waals surface area (Å²) in [5, 5.41) is 9.53. The molecule has 0 spiro atoms. The van der Waals surface area contributed by atoms with E-state index in [2.05, 4.69) is 0 Å². The molecule has 0 fully saturated rings. The van der Waals surface area contributed by atoms with Crippen molar-refractivity contribution in [3.05, 3.63) is 22.7 Å². The smallest absolute Gasteiger partial charge is 0.164 e. The molecule has 1 aromatic carbocycles. The fourth-order valence-corrected chi connectivity index (χ4v) is 1.71. The van der Waals surface area contributed by atoms with Crippen molar-refractivity contribution in [3.8, 4) is 11.5 Å². The van der Waals surface area contributed by atoms with Crippen LogP contribution in [0.3, 0.4) is 0 Å². The van der Waals surface area contributed by atoms with Gasteiger partial charge in [0.15, 0.2) is 17.6 Å². The van der Waals surface area contributed by atoms with Gasteiger partial charge in [0.25, 0.3) is 0 Å². The van der Waals surface area contributed by atoms with Crippen molar-refractivity contribution in [1.29, 1.82) is 0 Å². The summed E-state index contributed by atoms with van der Waals surface area (Å²) in [6.07, 6.45) is -0.291. The molecule has 0 bridgehead atoms. The second-order valence-electron chi connectivity index (χ2n) is 3.28. The van der Waals surface area contributed by atoms with Crippen LogP contribution in [0, 0.1) is 6.92 Å². The molecule has 1 unspecified atom stereocenters. The molecular formula is C10H11ClO3. The molecule has 1 aliphatic heterocycles. The van der Waals surface area contributed by atoms with E-state index in [1.54, 1.807) is 6.07 Å². The van der Waals surface area contributed by atoms with E-state index < -0.39 is 0 Å². The van der Waals surface area contributed by atoms with Crippen LogP contribution in [0.5, 0.6) is 11.5 Å². The molecule has 4 heteroatoms. The number of benzene rings is 1. The fourth-order valence-electron chi connectivity index (χ4n) is 1.45. The number of fused-ring (bicyclic) bond motifs is 1. The second-order valence-corrected chi connectivity index (χ2v) is 3.72. The minimum atomic E-state index is -0.291. The Kier molecular flexibility index (Phi) is 2.52. The average Bonchev–Trinajstić information content (AvgIpc) is 2.16. The lowest BCUT2D eigenvalue weighted by atomic mass is 10.2. The van der Waals surface area contributed by atoms with Crippen LogP contribution in [-0.4, -0.2) is 24.4 Å². The fraction of sp³-hybridized carbons (Fsp3) is 0.400. The summed E-state index contributed by atoms with van der Waals surface area (Å²) < 4.78 is 11.0. The van der Waals surface area contributed by atoms with Gasteiger partial charge in [-0.1, -0.05) is 11.6 Å². The molecular weight excluding hydrogens is 204 g/mol. The minimum absolute atomic E-state index is 0.0506. The second kappa shape index (κ2) is 3.67. The normalized spacial score (nSPS) is 19.5. The number of aliphatic hydroxyl groups excluding tert-OH is 1. The summed E-state index contributed by atoms with van der Waals surface area (Å²) in [5.41, 5.74) is 0.948. The first kappa shape index (κ1) is 9.62. The summed E-state index contributed by atoms with van der Waals surface area (Å²) in [5.74, 6) is 1.33. The molecule has 76 valence electrons. The molecule has 0 saturated carbocycles. The summed E-state index contributed by atoms with van der Waals surface area (Å²) in [4.78, 5) is 0. The summed E-state index contributed by atoms with van der Waals surface area (Å²) >= 11 is 5.87. The molecule has 1 aromatic rings. The van der Waals surface area contributed by atoms with Crippen LogP contribution in [-0.2, 0) is 0 Å². The largest absolute Gasteiger partial charge is 0.485 e. The zero-order chi connectivity index (χ0) is 10.1. The zero-order valence-corrected chi connectivity index (χ0v) is 8.54. The van der Waals surface area contributed by atoms with E-state index in [9.17, 15) is 0 Å². The van der Waals surface area contributed by atoms with Gasteiger partial charge in [0.05, 0.1) is 6.61 Å². The Bertz CT molecular complexity index is 351. The monoisotopic (exact) mass is 214 g/mol. The van der Waals surface area contributed by atoms with Crippen LogP contribution in [0.4, 0.5) is 0 Å². The van der Waals surface area contributed by atoms with Gasteiger partial charge in [-0.15, -0.1) is 0 Å². The van der Waals surface area contributed by atoms with Crippen LogP contribution in [0.15, 0.2) is 12.1 Å². The molecule has 3 nitrogen and oxygen atoms in total. The number of aliphatic hydroxyl groups is 1. The van der Waals surface area contributed by atoms with Gasteiger partial charge in [-0.05, 0) is 18.6 Å². The van der Waals surface area contributed by atoms with Crippen molar-refractivity contribution in [2.45, 2.75) is 13.0 Å². The van der Waals surface area contributed by atoms with E-state index in [0.717, 1.165) is 11.3 Å². The molecule has 14 heavy (non-hydrogen) atoms. The molecule has 1 atom stereocenters. The van der Waals surface area contributed by atoms with Gasteiger partial charge in [0.2, 0.25) is 0 Å². The molecule has 0 aliphatic carbocycles. The zero-order valence-electron chi connectivity index (χ0n) is 7.79. The molecule has 0 aromatic heterocycles. The lowest BCUT2D eigenvalue weighted by Gasteiger charge is -2.26. The Morgan fingerprint density at radius 2 is 2.36 bits per heavy atom. The molecule has 1 N–H and O–H groups in total. The van der Waals surface area contributed by atoms with Gasteiger partial charge in [0.1, 0.15) is 6.61 Å². The third kappa shape index (κ3) is 1.65. The molecule has 1 heterocycles. The van der Waals surface area contributed by atoms with E-state index in [4.69, 9.17) is 26.2 Å². The standard InChI is InChI=1S/C10H11ClO3/c1-6-2-7(11)3-9-10(6)13-5-8(4-12)14-9/h2-3,8,12H,4-5H2,1H3. The van der Waals surface area contributed by atoms with Gasteiger partial charge >= 0.3 is 0 Å². The first-order valence-corrected chi connectivity index (χ1v) is 4.79. The highest BCUT2D eigenvalue weighted by Crippen LogP contribution is 2.37. The highest BCUT2D eigenvalue weighted by atomic mass is 35.5. The topological polar surface area (TPSA) is 38.7 Å². The highest BCUT2D eigenvalue weighted by Gasteiger charge is 2.22. The summed E-state index contributed by atoms with van der Waals surface area (Å²) in [7, 11) is 0. The molecule has 1 aliphatic rings. The molecule has 0 amide bonds. The Hall–Kier alpha value is -0.930. The van der Waals surface area contributed by atoms with Gasteiger partial charge in [0, 0.05) is 11.1 Å². The maximum Gasteiger partial charge on any atom is 0.164 e. The van der Waals surface area contributed by atoms with Crippen LogP contribution < -0.4 is 9.47 Å². The lowest BCUT2D eigenvalue weighted by Crippen LogP contribution is -2.32. The summed E-state index contributed by atoms with van der Waals surface area (Å²) in [6.45, 7) is 2.24. The first-order valence-electron chi connectivity index (χ1n) is 4.41. The predicted octanol–water partition coefficient (Wildman–Crippen LogP) is 1.78. The number of hydrogen-bond donors (Lipinski definition) is 1. The Labute approximate surface area is 87.2 Å². The van der Waals surface area contributed by atoms with Crippen LogP contribution in [0.25, 0.3) is 0 Å². The van der Waals surface area contributed by atoms with Gasteiger partial charge < -0.3 is 14.6 Å². The van der Waals surface area contributed by atoms with Crippen molar-refractivity contribution in [3.63, 3.8) is 0 Å². The van der Waals surface area contributed by atoms with E-state index in [0.29, 0.717) is 17.4 Å². The SMILES string of the molecule is Cc1cc(Cl)cc2c1OCC(CO)O2. The third-order valence-corrected chi connectivity index (χ3v) is 2.33. The Balaban J connectivity index is 2.37. The van der Waals surface area contributed by atoms with Crippen molar-refractivity contribution in [2.75, 3.05) is 13.2 Å². The number of halogens is 1. The number of ether oxygens (including phenoxy) is 2. The minimum Gasteiger partial charge on any atom is -0.485 e. The Morgan fingerprint density at radius 3 is 3.07 bits per heavy atom. The van der Waals surface area contributed by atoms with Gasteiger partial charge in [-0.25, -0.2) is 0 Å². The van der Waals surface area contributed by atoms with Crippen LogP contribution in [0.1, 0.15) is 5.56 Å². The molecule has 0 saturated heterocycles. The maximum atomic E-state index is 8.92. The molecule has 2 rings (SSSR count). The molecule has 0 radical (unpaired) electrons. The van der Waals surface area contributed by atoms with Crippen LogP contribution >= 0.6 is 11.6 Å². The van der Waals surface area contributed by atoms with E-state index in [1.807, 2.05) is 13.0 Å². The van der Waals surface area contributed by atoms with E-state index >= 15 is 0 Å². The lowest BCUT2D eigenvalue weighted by molar-refractivity contribution is 0.0452. The quantitative estimate of drug-likeness (QED) is 0.775. The first-order chi connectivity index (χ1) is 6.70. The van der Waals surface area contributed by atoms with E-state index in [1.165, 1.54) is 0 Å². The summed E-state index contributed by atoms with van der Waals surface area (Å²) in [6, 6.07) is 3.52. The van der Waals surface area contributed by atoms with Crippen LogP contribution in [0.2, 0.25) is 5.02 Å². The van der Waals surface area contributed by atoms with Gasteiger partial charge in [-0.2, -0.15) is 0 Å². The van der Waals surface area contributed by atoms with Crippen molar-refractivity contribution in [2.24, 2.45) is 0 Å².